The highest BCUT2D eigenvalue weighted by Gasteiger charge is 2.44. The molecule has 0 radical (unpaired) electrons. The predicted octanol–water partition coefficient (Wildman–Crippen LogP) is 4.40. The number of rotatable bonds is 4. The summed E-state index contributed by atoms with van der Waals surface area (Å²) >= 11 is 0. The van der Waals surface area contributed by atoms with Crippen molar-refractivity contribution in [3.63, 3.8) is 0 Å². The zero-order chi connectivity index (χ0) is 21.0. The van der Waals surface area contributed by atoms with Gasteiger partial charge < -0.3 is 14.4 Å². The van der Waals surface area contributed by atoms with E-state index >= 15 is 0 Å². The van der Waals surface area contributed by atoms with E-state index in [0.29, 0.717) is 17.4 Å². The molecule has 0 spiro atoms. The molecule has 4 aromatic rings. The molecule has 7 nitrogen and oxygen atoms in total. The number of benzene rings is 1. The first-order valence-corrected chi connectivity index (χ1v) is 10.0. The van der Waals surface area contributed by atoms with Gasteiger partial charge in [0.25, 0.3) is 11.5 Å². The number of fused-ring (bicyclic) bond motifs is 1. The van der Waals surface area contributed by atoms with Crippen LogP contribution in [0.3, 0.4) is 0 Å². The summed E-state index contributed by atoms with van der Waals surface area (Å²) in [6.45, 7) is 6.04. The predicted molar refractivity (Wildman–Crippen MR) is 116 cm³/mol. The van der Waals surface area contributed by atoms with Crippen LogP contribution in [0.15, 0.2) is 45.8 Å². The molecule has 0 amide bonds. The minimum absolute atomic E-state index is 0.0229. The summed E-state index contributed by atoms with van der Waals surface area (Å²) in [5.74, 6) is 1.10. The van der Waals surface area contributed by atoms with Crippen LogP contribution in [-0.2, 0) is 12.5 Å². The summed E-state index contributed by atoms with van der Waals surface area (Å²) in [5, 5.41) is 8.18. The highest BCUT2D eigenvalue weighted by molar-refractivity contribution is 5.85. The number of nitrogens with zero attached hydrogens (tertiary/aromatic N) is 4. The number of hydrogen-bond donors (Lipinski definition) is 1. The van der Waals surface area contributed by atoms with Crippen molar-refractivity contribution >= 4 is 22.5 Å². The van der Waals surface area contributed by atoms with Gasteiger partial charge in [-0.05, 0) is 67.2 Å². The Labute approximate surface area is 173 Å². The number of pyridine rings is 2. The summed E-state index contributed by atoms with van der Waals surface area (Å²) < 4.78 is 7.09. The molecule has 1 aliphatic carbocycles. The van der Waals surface area contributed by atoms with E-state index in [2.05, 4.69) is 27.4 Å². The molecular formula is C23H23N5O2. The van der Waals surface area contributed by atoms with Crippen LogP contribution in [0.25, 0.3) is 22.0 Å². The van der Waals surface area contributed by atoms with Crippen molar-refractivity contribution in [2.24, 2.45) is 7.05 Å². The molecule has 1 aromatic carbocycles. The molecule has 3 aromatic heterocycles. The monoisotopic (exact) mass is 401 g/mol. The Kier molecular flexibility index (Phi) is 4.03. The van der Waals surface area contributed by atoms with Gasteiger partial charge in [-0.3, -0.25) is 9.78 Å². The molecular weight excluding hydrogens is 378 g/mol. The molecule has 0 bridgehead atoms. The average Bonchev–Trinajstić information content (AvgIpc) is 3.29. The molecule has 0 atom stereocenters. The van der Waals surface area contributed by atoms with Crippen molar-refractivity contribution in [3.8, 4) is 11.1 Å². The first kappa shape index (κ1) is 18.5. The van der Waals surface area contributed by atoms with Gasteiger partial charge in [0.05, 0.1) is 5.52 Å². The summed E-state index contributed by atoms with van der Waals surface area (Å²) in [7, 11) is 1.80. The van der Waals surface area contributed by atoms with Gasteiger partial charge in [-0.15, -0.1) is 0 Å². The van der Waals surface area contributed by atoms with Crippen molar-refractivity contribution < 1.29 is 4.52 Å². The largest absolute Gasteiger partial charge is 0.337 e. The Balaban J connectivity index is 1.55. The van der Waals surface area contributed by atoms with Crippen molar-refractivity contribution in [2.75, 3.05) is 5.32 Å². The Bertz CT molecular complexity index is 1350. The molecule has 0 saturated heterocycles. The first-order valence-electron chi connectivity index (χ1n) is 10.0. The van der Waals surface area contributed by atoms with Crippen LogP contribution in [-0.4, -0.2) is 19.7 Å². The third kappa shape index (κ3) is 3.07. The molecule has 3 heterocycles. The third-order valence-corrected chi connectivity index (χ3v) is 5.97. The van der Waals surface area contributed by atoms with Gasteiger partial charge >= 0.3 is 0 Å². The van der Waals surface area contributed by atoms with Gasteiger partial charge in [0.15, 0.2) is 0 Å². The van der Waals surface area contributed by atoms with E-state index in [-0.39, 0.29) is 11.0 Å². The summed E-state index contributed by atoms with van der Waals surface area (Å²) in [6, 6.07) is 9.73. The number of nitrogens with one attached hydrogen (secondary N) is 1. The van der Waals surface area contributed by atoms with Crippen molar-refractivity contribution in [1.82, 2.24) is 19.7 Å². The van der Waals surface area contributed by atoms with Crippen LogP contribution >= 0.6 is 0 Å². The Morgan fingerprint density at radius 2 is 1.93 bits per heavy atom. The van der Waals surface area contributed by atoms with Crippen LogP contribution in [0.5, 0.6) is 0 Å². The van der Waals surface area contributed by atoms with E-state index in [0.717, 1.165) is 46.3 Å². The molecule has 152 valence electrons. The van der Waals surface area contributed by atoms with Crippen LogP contribution in [0, 0.1) is 13.8 Å². The molecule has 1 saturated carbocycles. The van der Waals surface area contributed by atoms with Gasteiger partial charge in [-0.2, -0.15) is 4.98 Å². The quantitative estimate of drug-likeness (QED) is 0.546. The van der Waals surface area contributed by atoms with Crippen LogP contribution in [0.1, 0.15) is 36.9 Å². The van der Waals surface area contributed by atoms with E-state index < -0.39 is 0 Å². The highest BCUT2D eigenvalue weighted by atomic mass is 16.5. The third-order valence-electron chi connectivity index (χ3n) is 5.97. The highest BCUT2D eigenvalue weighted by Crippen LogP contribution is 2.46. The van der Waals surface area contributed by atoms with Gasteiger partial charge in [0.1, 0.15) is 0 Å². The first-order chi connectivity index (χ1) is 14.3. The van der Waals surface area contributed by atoms with Crippen molar-refractivity contribution in [3.05, 3.63) is 64.0 Å². The fraction of sp³-hybridized carbons (Fsp3) is 0.304. The fourth-order valence-corrected chi connectivity index (χ4v) is 3.70. The molecule has 5 rings (SSSR count). The summed E-state index contributed by atoms with van der Waals surface area (Å²) in [6.07, 6.45) is 3.95. The zero-order valence-electron chi connectivity index (χ0n) is 17.5. The summed E-state index contributed by atoms with van der Waals surface area (Å²) in [4.78, 5) is 22.0. The zero-order valence-corrected chi connectivity index (χ0v) is 17.5. The number of anilines is 2. The molecule has 1 N–H and O–H groups in total. The maximum absolute atomic E-state index is 13.1. The van der Waals surface area contributed by atoms with Gasteiger partial charge in [0.2, 0.25) is 5.89 Å². The SMILES string of the molecule is Cc1cc2c(cn1)cc(-c1cc(Nc3noc(C4(C)CC4)n3)ccc1C)c(=O)n2C. The van der Waals surface area contributed by atoms with Crippen LogP contribution < -0.4 is 10.9 Å². The Hall–Kier alpha value is -3.48. The van der Waals surface area contributed by atoms with Crippen LogP contribution in [0.4, 0.5) is 11.6 Å². The molecule has 0 unspecified atom stereocenters. The van der Waals surface area contributed by atoms with Crippen molar-refractivity contribution in [2.45, 2.75) is 39.0 Å². The molecule has 1 fully saturated rings. The standard InChI is InChI=1S/C23H23N5O2/c1-13-5-6-16(25-22-26-21(30-27-22)23(3)7-8-23)11-17(13)18-10-15-12-24-14(2)9-19(15)28(4)20(18)29/h5-6,9-12H,7-8H2,1-4H3,(H,25,27). The fourth-order valence-electron chi connectivity index (χ4n) is 3.70. The second-order valence-electron chi connectivity index (χ2n) is 8.45. The average molecular weight is 401 g/mol. The number of aromatic nitrogens is 4. The van der Waals surface area contributed by atoms with Gasteiger partial charge in [0, 0.05) is 41.0 Å². The molecule has 30 heavy (non-hydrogen) atoms. The lowest BCUT2D eigenvalue weighted by Crippen LogP contribution is -2.19. The smallest absolute Gasteiger partial charge is 0.267 e. The topological polar surface area (TPSA) is 85.8 Å². The van der Waals surface area contributed by atoms with E-state index in [1.54, 1.807) is 11.6 Å². The lowest BCUT2D eigenvalue weighted by molar-refractivity contribution is 0.353. The normalized spacial score (nSPS) is 14.8. The van der Waals surface area contributed by atoms with Crippen LogP contribution in [0.2, 0.25) is 0 Å². The van der Waals surface area contributed by atoms with Gasteiger partial charge in [-0.25, -0.2) is 0 Å². The molecule has 7 heteroatoms. The molecule has 1 aliphatic rings. The minimum Gasteiger partial charge on any atom is -0.337 e. The maximum atomic E-state index is 13.1. The summed E-state index contributed by atoms with van der Waals surface area (Å²) in [5.41, 5.74) is 5.04. The maximum Gasteiger partial charge on any atom is 0.267 e. The Morgan fingerprint density at radius 1 is 1.13 bits per heavy atom. The second-order valence-corrected chi connectivity index (χ2v) is 8.45. The van der Waals surface area contributed by atoms with E-state index in [9.17, 15) is 4.79 Å². The number of aryl methyl sites for hydroxylation is 3. The van der Waals surface area contributed by atoms with E-state index in [1.165, 1.54) is 0 Å². The van der Waals surface area contributed by atoms with Crippen molar-refractivity contribution in [1.29, 1.82) is 0 Å². The van der Waals surface area contributed by atoms with E-state index in [1.807, 2.05) is 50.4 Å². The van der Waals surface area contributed by atoms with E-state index in [4.69, 9.17) is 4.52 Å². The number of hydrogen-bond acceptors (Lipinski definition) is 6. The van der Waals surface area contributed by atoms with Gasteiger partial charge in [-0.1, -0.05) is 13.0 Å². The lowest BCUT2D eigenvalue weighted by atomic mass is 9.99. The Morgan fingerprint density at radius 3 is 2.70 bits per heavy atom. The molecule has 0 aliphatic heterocycles. The minimum atomic E-state index is -0.0446. The lowest BCUT2D eigenvalue weighted by Gasteiger charge is -2.12. The second kappa shape index (κ2) is 6.52.